The van der Waals surface area contributed by atoms with Crippen molar-refractivity contribution in [2.24, 2.45) is 0 Å². The SMILES string of the molecule is CN(C)[C@H]1CCN(c2ccc(Nc3ncc(Cl)c(-c4cnn(-c5ccc(C#N)c(Cl)c5Cl)c4)n3)cc2)C(=O)C1. The first-order chi connectivity index (χ1) is 18.7. The molecular formula is C27H23Cl3N8O. The molecule has 9 nitrogen and oxygen atoms in total. The van der Waals surface area contributed by atoms with E-state index in [2.05, 4.69) is 25.3 Å². The fourth-order valence-electron chi connectivity index (χ4n) is 4.39. The van der Waals surface area contributed by atoms with Crippen molar-refractivity contribution in [1.29, 1.82) is 5.26 Å². The van der Waals surface area contributed by atoms with Gasteiger partial charge in [-0.25, -0.2) is 14.6 Å². The number of amides is 1. The predicted molar refractivity (Wildman–Crippen MR) is 153 cm³/mol. The summed E-state index contributed by atoms with van der Waals surface area (Å²) in [7, 11) is 4.01. The fraction of sp³-hybridized carbons (Fsp3) is 0.222. The molecule has 3 heterocycles. The number of aromatic nitrogens is 4. The highest BCUT2D eigenvalue weighted by Crippen LogP contribution is 2.33. The van der Waals surface area contributed by atoms with E-state index < -0.39 is 0 Å². The minimum Gasteiger partial charge on any atom is -0.324 e. The zero-order valence-electron chi connectivity index (χ0n) is 21.1. The largest absolute Gasteiger partial charge is 0.324 e. The van der Waals surface area contributed by atoms with Crippen molar-refractivity contribution < 1.29 is 4.79 Å². The van der Waals surface area contributed by atoms with Crippen LogP contribution in [0, 0.1) is 11.3 Å². The number of carbonyl (C=O) groups excluding carboxylic acids is 1. The number of halogens is 3. The monoisotopic (exact) mass is 580 g/mol. The first-order valence-electron chi connectivity index (χ1n) is 12.0. The normalized spacial score (nSPS) is 15.5. The van der Waals surface area contributed by atoms with E-state index in [-0.39, 0.29) is 27.6 Å². The summed E-state index contributed by atoms with van der Waals surface area (Å²) >= 11 is 19.0. The van der Waals surface area contributed by atoms with Crippen LogP contribution in [-0.2, 0) is 4.79 Å². The average Bonchev–Trinajstić information content (AvgIpc) is 3.41. The number of nitriles is 1. The molecule has 1 atom stereocenters. The molecule has 1 saturated heterocycles. The second-order valence-electron chi connectivity index (χ2n) is 9.26. The van der Waals surface area contributed by atoms with E-state index in [0.717, 1.165) is 17.8 Å². The molecular weight excluding hydrogens is 559 g/mol. The Bertz CT molecular complexity index is 1580. The number of benzene rings is 2. The van der Waals surface area contributed by atoms with Crippen LogP contribution in [-0.4, -0.2) is 57.2 Å². The summed E-state index contributed by atoms with van der Waals surface area (Å²) in [6.07, 6.45) is 6.27. The van der Waals surface area contributed by atoms with Crippen molar-refractivity contribution in [2.75, 3.05) is 30.9 Å². The van der Waals surface area contributed by atoms with Gasteiger partial charge in [-0.1, -0.05) is 34.8 Å². The number of rotatable bonds is 6. The van der Waals surface area contributed by atoms with E-state index in [9.17, 15) is 4.79 Å². The van der Waals surface area contributed by atoms with Gasteiger partial charge in [0.2, 0.25) is 11.9 Å². The van der Waals surface area contributed by atoms with Gasteiger partial charge in [0.25, 0.3) is 0 Å². The lowest BCUT2D eigenvalue weighted by atomic mass is 10.0. The molecule has 1 aliphatic rings. The highest BCUT2D eigenvalue weighted by molar-refractivity contribution is 6.43. The second-order valence-corrected chi connectivity index (χ2v) is 10.4. The Morgan fingerprint density at radius 2 is 1.85 bits per heavy atom. The van der Waals surface area contributed by atoms with Crippen LogP contribution >= 0.6 is 34.8 Å². The molecule has 5 rings (SSSR count). The van der Waals surface area contributed by atoms with Gasteiger partial charge in [-0.2, -0.15) is 10.4 Å². The van der Waals surface area contributed by atoms with E-state index in [1.165, 1.54) is 10.9 Å². The molecule has 1 aliphatic heterocycles. The molecule has 1 fully saturated rings. The molecule has 0 spiro atoms. The van der Waals surface area contributed by atoms with E-state index in [1.54, 1.807) is 24.5 Å². The summed E-state index contributed by atoms with van der Waals surface area (Å²) in [5.74, 6) is 0.466. The third-order valence-corrected chi connectivity index (χ3v) is 7.74. The Balaban J connectivity index is 1.33. The van der Waals surface area contributed by atoms with Gasteiger partial charge in [-0.15, -0.1) is 0 Å². The Labute approximate surface area is 240 Å². The lowest BCUT2D eigenvalue weighted by Gasteiger charge is -2.34. The van der Waals surface area contributed by atoms with Crippen LogP contribution in [0.15, 0.2) is 55.0 Å². The third kappa shape index (κ3) is 5.56. The number of nitrogens with zero attached hydrogens (tertiary/aromatic N) is 7. The molecule has 0 aliphatic carbocycles. The number of hydrogen-bond acceptors (Lipinski definition) is 7. The number of hydrogen-bond donors (Lipinski definition) is 1. The van der Waals surface area contributed by atoms with Gasteiger partial charge in [0.1, 0.15) is 6.07 Å². The first kappa shape index (κ1) is 26.9. The minimum absolute atomic E-state index is 0.122. The number of piperidine rings is 1. The van der Waals surface area contributed by atoms with Gasteiger partial charge in [-0.3, -0.25) is 4.79 Å². The molecule has 39 heavy (non-hydrogen) atoms. The fourth-order valence-corrected chi connectivity index (χ4v) is 5.05. The zero-order valence-corrected chi connectivity index (χ0v) is 23.3. The standard InChI is InChI=1S/C27H23Cl3N8O/c1-36(2)20-9-10-37(23(39)11-20)19-6-4-18(5-7-19)34-27-32-14-21(28)26(35-27)17-13-33-38(15-17)22-8-3-16(12-31)24(29)25(22)30/h3-8,13-15,20H,9-11H2,1-2H3,(H,32,34,35)/t20-/m0/s1. The van der Waals surface area contributed by atoms with Crippen LogP contribution in [0.3, 0.4) is 0 Å². The number of carbonyl (C=O) groups is 1. The maximum absolute atomic E-state index is 12.7. The second kappa shape index (κ2) is 11.2. The highest BCUT2D eigenvalue weighted by atomic mass is 35.5. The van der Waals surface area contributed by atoms with Crippen LogP contribution in [0.2, 0.25) is 15.1 Å². The molecule has 0 unspecified atom stereocenters. The van der Waals surface area contributed by atoms with Gasteiger partial charge in [0.05, 0.1) is 44.4 Å². The lowest BCUT2D eigenvalue weighted by molar-refractivity contribution is -0.120. The molecule has 1 amide bonds. The smallest absolute Gasteiger partial charge is 0.228 e. The summed E-state index contributed by atoms with van der Waals surface area (Å²) in [4.78, 5) is 25.5. The summed E-state index contributed by atoms with van der Waals surface area (Å²) in [5, 5.41) is 17.4. The molecule has 12 heteroatoms. The molecule has 2 aromatic carbocycles. The van der Waals surface area contributed by atoms with Gasteiger partial charge in [-0.05, 0) is 56.9 Å². The van der Waals surface area contributed by atoms with Crippen LogP contribution in [0.1, 0.15) is 18.4 Å². The van der Waals surface area contributed by atoms with Crippen LogP contribution in [0.5, 0.6) is 0 Å². The Morgan fingerprint density at radius 3 is 2.54 bits per heavy atom. The lowest BCUT2D eigenvalue weighted by Crippen LogP contribution is -2.45. The molecule has 0 saturated carbocycles. The van der Waals surface area contributed by atoms with Gasteiger partial charge in [0, 0.05) is 42.1 Å². The van der Waals surface area contributed by atoms with Crippen LogP contribution < -0.4 is 10.2 Å². The quantitative estimate of drug-likeness (QED) is 0.300. The molecule has 4 aromatic rings. The van der Waals surface area contributed by atoms with E-state index >= 15 is 0 Å². The summed E-state index contributed by atoms with van der Waals surface area (Å²) in [6.45, 7) is 0.686. The van der Waals surface area contributed by atoms with E-state index in [1.807, 2.05) is 49.3 Å². The first-order valence-corrected chi connectivity index (χ1v) is 13.2. The number of nitrogens with one attached hydrogen (secondary N) is 1. The third-order valence-electron chi connectivity index (χ3n) is 6.59. The Morgan fingerprint density at radius 1 is 1.08 bits per heavy atom. The Hall–Kier alpha value is -3.68. The van der Waals surface area contributed by atoms with Crippen molar-refractivity contribution >= 4 is 58.0 Å². The predicted octanol–water partition coefficient (Wildman–Crippen LogP) is 5.96. The Kier molecular flexibility index (Phi) is 7.73. The van der Waals surface area contributed by atoms with Crippen molar-refractivity contribution in [1.82, 2.24) is 24.6 Å². The maximum atomic E-state index is 12.7. The summed E-state index contributed by atoms with van der Waals surface area (Å²) < 4.78 is 1.54. The topological polar surface area (TPSA) is 103 Å². The highest BCUT2D eigenvalue weighted by Gasteiger charge is 2.27. The zero-order chi connectivity index (χ0) is 27.7. The average molecular weight is 582 g/mol. The van der Waals surface area contributed by atoms with Gasteiger partial charge in [0.15, 0.2) is 0 Å². The molecule has 0 radical (unpaired) electrons. The maximum Gasteiger partial charge on any atom is 0.228 e. The summed E-state index contributed by atoms with van der Waals surface area (Å²) in [5.41, 5.74) is 3.52. The van der Waals surface area contributed by atoms with Crippen molar-refractivity contribution in [3.63, 3.8) is 0 Å². The van der Waals surface area contributed by atoms with Crippen LogP contribution in [0.4, 0.5) is 17.3 Å². The van der Waals surface area contributed by atoms with E-state index in [4.69, 9.17) is 40.1 Å². The van der Waals surface area contributed by atoms with Gasteiger partial charge < -0.3 is 15.1 Å². The number of anilines is 3. The van der Waals surface area contributed by atoms with Crippen molar-refractivity contribution in [3.05, 3.63) is 75.6 Å². The van der Waals surface area contributed by atoms with Crippen molar-refractivity contribution in [2.45, 2.75) is 18.9 Å². The molecule has 1 N–H and O–H groups in total. The van der Waals surface area contributed by atoms with Gasteiger partial charge >= 0.3 is 0 Å². The molecule has 198 valence electrons. The summed E-state index contributed by atoms with van der Waals surface area (Å²) in [6, 6.07) is 13.1. The van der Waals surface area contributed by atoms with E-state index in [0.29, 0.717) is 40.9 Å². The van der Waals surface area contributed by atoms with Crippen molar-refractivity contribution in [3.8, 4) is 23.0 Å². The molecule has 0 bridgehead atoms. The minimum atomic E-state index is 0.122. The molecule has 2 aromatic heterocycles. The van der Waals surface area contributed by atoms with Crippen LogP contribution in [0.25, 0.3) is 16.9 Å².